The molecule has 0 aromatic heterocycles. The Labute approximate surface area is 73.8 Å². The van der Waals surface area contributed by atoms with Crippen LogP contribution in [0.5, 0.6) is 0 Å². The molecule has 0 aromatic carbocycles. The van der Waals surface area contributed by atoms with E-state index >= 15 is 0 Å². The first kappa shape index (κ1) is 9.76. The Bertz CT molecular complexity index is 229. The summed E-state index contributed by atoms with van der Waals surface area (Å²) in [6, 6.07) is -1.26. The van der Waals surface area contributed by atoms with Crippen LogP contribution in [0.1, 0.15) is 13.3 Å². The maximum Gasteiger partial charge on any atom is 0.408 e. The number of alkyl halides is 1. The van der Waals surface area contributed by atoms with E-state index in [1.807, 2.05) is 0 Å². The highest BCUT2D eigenvalue weighted by Crippen LogP contribution is 2.30. The minimum atomic E-state index is -1.73. The fraction of sp³-hybridized carbons (Fsp3) is 0.714. The molecule has 0 spiro atoms. The number of hydrogen-bond acceptors (Lipinski definition) is 2. The minimum Gasteiger partial charge on any atom is -0.480 e. The first-order chi connectivity index (χ1) is 5.83. The van der Waals surface area contributed by atoms with Crippen LogP contribution < -0.4 is 0 Å². The second-order valence-electron chi connectivity index (χ2n) is 3.38. The highest BCUT2D eigenvalue weighted by Gasteiger charge is 2.46. The number of rotatable bonds is 1. The van der Waals surface area contributed by atoms with Crippen LogP contribution in [0.15, 0.2) is 0 Å². The number of aliphatic carboxylic acids is 1. The lowest BCUT2D eigenvalue weighted by Gasteiger charge is -2.16. The average Bonchev–Trinajstić information content (AvgIpc) is 2.26. The summed E-state index contributed by atoms with van der Waals surface area (Å²) >= 11 is 0. The molecule has 2 atom stereocenters. The zero-order valence-electron chi connectivity index (χ0n) is 7.03. The molecule has 1 aliphatic rings. The third kappa shape index (κ3) is 1.88. The van der Waals surface area contributed by atoms with Crippen molar-refractivity contribution < 1.29 is 24.2 Å². The van der Waals surface area contributed by atoms with Gasteiger partial charge in [-0.2, -0.15) is 0 Å². The lowest BCUT2D eigenvalue weighted by atomic mass is 10.1. The van der Waals surface area contributed by atoms with Crippen LogP contribution in [-0.4, -0.2) is 45.4 Å². The number of halogens is 1. The molecule has 1 heterocycles. The number of likely N-dealkylation sites (tertiary alicyclic amines) is 1. The molecule has 1 aliphatic heterocycles. The van der Waals surface area contributed by atoms with Crippen molar-refractivity contribution in [3.63, 3.8) is 0 Å². The second-order valence-corrected chi connectivity index (χ2v) is 3.38. The summed E-state index contributed by atoms with van der Waals surface area (Å²) in [5.74, 6) is -1.30. The Hall–Kier alpha value is -1.33. The lowest BCUT2D eigenvalue weighted by Crippen LogP contribution is -2.39. The Balaban J connectivity index is 2.83. The Kier molecular flexibility index (Phi) is 2.15. The molecule has 2 N–H and O–H groups in total. The van der Waals surface area contributed by atoms with Gasteiger partial charge >= 0.3 is 12.1 Å². The summed E-state index contributed by atoms with van der Waals surface area (Å²) in [6.45, 7) is 0.825. The van der Waals surface area contributed by atoms with Gasteiger partial charge in [0.1, 0.15) is 11.7 Å². The number of carboxylic acids is 1. The van der Waals surface area contributed by atoms with Crippen molar-refractivity contribution in [2.24, 2.45) is 0 Å². The van der Waals surface area contributed by atoms with E-state index in [-0.39, 0.29) is 13.0 Å². The van der Waals surface area contributed by atoms with Gasteiger partial charge in [0, 0.05) is 6.42 Å². The van der Waals surface area contributed by atoms with Gasteiger partial charge in [0.05, 0.1) is 6.54 Å². The first-order valence-electron chi connectivity index (χ1n) is 3.75. The molecule has 0 bridgehead atoms. The largest absolute Gasteiger partial charge is 0.480 e. The molecule has 5 nitrogen and oxygen atoms in total. The summed E-state index contributed by atoms with van der Waals surface area (Å²) < 4.78 is 13.3. The normalized spacial score (nSPS) is 33.4. The molecule has 74 valence electrons. The van der Waals surface area contributed by atoms with E-state index in [1.54, 1.807) is 0 Å². The first-order valence-corrected chi connectivity index (χ1v) is 3.75. The Morgan fingerprint density at radius 1 is 1.54 bits per heavy atom. The summed E-state index contributed by atoms with van der Waals surface area (Å²) in [7, 11) is 0. The molecular formula is C7H10FNO4. The van der Waals surface area contributed by atoms with Gasteiger partial charge in [-0.3, -0.25) is 4.90 Å². The zero-order chi connectivity index (χ0) is 10.2. The van der Waals surface area contributed by atoms with Crippen molar-refractivity contribution in [2.45, 2.75) is 25.1 Å². The van der Waals surface area contributed by atoms with Gasteiger partial charge in [-0.15, -0.1) is 0 Å². The van der Waals surface area contributed by atoms with Crippen molar-refractivity contribution >= 4 is 12.1 Å². The quantitative estimate of drug-likeness (QED) is 0.634. The molecule has 1 saturated heterocycles. The van der Waals surface area contributed by atoms with E-state index in [1.165, 1.54) is 6.92 Å². The van der Waals surface area contributed by atoms with E-state index in [4.69, 9.17) is 10.2 Å². The van der Waals surface area contributed by atoms with Crippen molar-refractivity contribution in [3.05, 3.63) is 0 Å². The maximum atomic E-state index is 13.3. The highest BCUT2D eigenvalue weighted by molar-refractivity contribution is 5.80. The fourth-order valence-corrected chi connectivity index (χ4v) is 1.46. The van der Waals surface area contributed by atoms with Crippen molar-refractivity contribution in [3.8, 4) is 0 Å². The van der Waals surface area contributed by atoms with Crippen molar-refractivity contribution in [2.75, 3.05) is 6.54 Å². The standard InChI is InChI=1S/C7H10FNO4/c1-7(8)2-4(5(10)11)9(3-7)6(12)13/h4H,2-3H2,1H3,(H,10,11)(H,12,13)/t4-,7?/m0/s1. The molecule has 1 unspecified atom stereocenters. The topological polar surface area (TPSA) is 77.8 Å². The predicted octanol–water partition coefficient (Wildman–Crippen LogP) is 0.552. The highest BCUT2D eigenvalue weighted by atomic mass is 19.1. The number of carboxylic acid groups (broad SMARTS) is 2. The predicted molar refractivity (Wildman–Crippen MR) is 40.3 cm³/mol. The van der Waals surface area contributed by atoms with Gasteiger partial charge in [-0.25, -0.2) is 14.0 Å². The van der Waals surface area contributed by atoms with E-state index in [0.717, 1.165) is 0 Å². The van der Waals surface area contributed by atoms with Crippen LogP contribution in [0, 0.1) is 0 Å². The molecule has 1 rings (SSSR count). The number of amides is 1. The van der Waals surface area contributed by atoms with E-state index < -0.39 is 23.8 Å². The van der Waals surface area contributed by atoms with Crippen LogP contribution in [0.25, 0.3) is 0 Å². The second kappa shape index (κ2) is 2.86. The summed E-state index contributed by atoms with van der Waals surface area (Å²) in [6.07, 6.45) is -1.68. The molecule has 1 fully saturated rings. The SMILES string of the molecule is CC1(F)C[C@@H](C(=O)O)N(C(=O)O)C1. The van der Waals surface area contributed by atoms with E-state index in [0.29, 0.717) is 4.90 Å². The molecule has 6 heteroatoms. The minimum absolute atomic E-state index is 0.283. The van der Waals surface area contributed by atoms with Crippen LogP contribution >= 0.6 is 0 Å². The van der Waals surface area contributed by atoms with Crippen molar-refractivity contribution in [1.29, 1.82) is 0 Å². The fourth-order valence-electron chi connectivity index (χ4n) is 1.46. The van der Waals surface area contributed by atoms with Gasteiger partial charge in [-0.1, -0.05) is 0 Å². The van der Waals surface area contributed by atoms with Gasteiger partial charge in [0.25, 0.3) is 0 Å². The van der Waals surface area contributed by atoms with Crippen LogP contribution in [0.4, 0.5) is 9.18 Å². The smallest absolute Gasteiger partial charge is 0.408 e. The Morgan fingerprint density at radius 3 is 2.38 bits per heavy atom. The average molecular weight is 191 g/mol. The molecule has 1 amide bonds. The van der Waals surface area contributed by atoms with Crippen LogP contribution in [0.3, 0.4) is 0 Å². The lowest BCUT2D eigenvalue weighted by molar-refractivity contribution is -0.141. The molecule has 0 radical (unpaired) electrons. The van der Waals surface area contributed by atoms with Gasteiger partial charge in [-0.05, 0) is 6.92 Å². The molecule has 0 aliphatic carbocycles. The molecular weight excluding hydrogens is 181 g/mol. The van der Waals surface area contributed by atoms with Gasteiger partial charge < -0.3 is 10.2 Å². The van der Waals surface area contributed by atoms with Gasteiger partial charge in [0.2, 0.25) is 0 Å². The number of nitrogens with zero attached hydrogens (tertiary/aromatic N) is 1. The molecule has 0 aromatic rings. The summed E-state index contributed by atoms with van der Waals surface area (Å²) in [4.78, 5) is 21.6. The summed E-state index contributed by atoms with van der Waals surface area (Å²) in [5, 5.41) is 17.2. The van der Waals surface area contributed by atoms with E-state index in [9.17, 15) is 14.0 Å². The molecule has 0 saturated carbocycles. The van der Waals surface area contributed by atoms with Crippen molar-refractivity contribution in [1.82, 2.24) is 4.90 Å². The Morgan fingerprint density at radius 2 is 2.08 bits per heavy atom. The monoisotopic (exact) mass is 191 g/mol. The third-order valence-electron chi connectivity index (χ3n) is 2.03. The van der Waals surface area contributed by atoms with Crippen LogP contribution in [0.2, 0.25) is 0 Å². The molecule has 13 heavy (non-hydrogen) atoms. The van der Waals surface area contributed by atoms with Gasteiger partial charge in [0.15, 0.2) is 0 Å². The summed E-state index contributed by atoms with van der Waals surface area (Å²) in [5.41, 5.74) is -1.73. The number of hydrogen-bond donors (Lipinski definition) is 2. The zero-order valence-corrected chi connectivity index (χ0v) is 7.03. The van der Waals surface area contributed by atoms with Crippen LogP contribution in [-0.2, 0) is 4.79 Å². The third-order valence-corrected chi connectivity index (χ3v) is 2.03. The maximum absolute atomic E-state index is 13.3. The van der Waals surface area contributed by atoms with E-state index in [2.05, 4.69) is 0 Å². The number of carbonyl (C=O) groups is 2.